The Morgan fingerprint density at radius 1 is 1.13 bits per heavy atom. The van der Waals surface area contributed by atoms with Gasteiger partial charge in [0.2, 0.25) is 0 Å². The monoisotopic (exact) mass is 538 g/mol. The van der Waals surface area contributed by atoms with Gasteiger partial charge in [0.25, 0.3) is 0 Å². The molecule has 1 amide bonds. The molecule has 9 nitrogen and oxygen atoms in total. The van der Waals surface area contributed by atoms with Crippen LogP contribution in [0.25, 0.3) is 0 Å². The molecule has 2 N–H and O–H groups in total. The SMILES string of the molecule is C=CCOC(=O)Nc1cccc(C2OC(CN3CCC4(CC3)OCCO4)C(C)C(c3ccc(CO)cc3)O2)c1. The number of carbonyl (C=O) groups is 1. The van der Waals surface area contributed by atoms with E-state index in [0.717, 1.165) is 49.2 Å². The second-order valence-corrected chi connectivity index (χ2v) is 10.4. The predicted octanol–water partition coefficient (Wildman–Crippen LogP) is 4.54. The Labute approximate surface area is 229 Å². The minimum Gasteiger partial charge on any atom is -0.445 e. The summed E-state index contributed by atoms with van der Waals surface area (Å²) in [4.78, 5) is 14.5. The summed E-state index contributed by atoms with van der Waals surface area (Å²) in [6.07, 6.45) is 1.71. The Bertz CT molecular complexity index is 1110. The zero-order valence-corrected chi connectivity index (χ0v) is 22.4. The third kappa shape index (κ3) is 6.69. The first-order valence-corrected chi connectivity index (χ1v) is 13.6. The number of nitrogens with zero attached hydrogens (tertiary/aromatic N) is 1. The fraction of sp³-hybridized carbons (Fsp3) is 0.500. The number of piperidine rings is 1. The molecule has 0 radical (unpaired) electrons. The van der Waals surface area contributed by atoms with E-state index in [4.69, 9.17) is 23.7 Å². The van der Waals surface area contributed by atoms with Crippen LogP contribution < -0.4 is 5.32 Å². The highest BCUT2D eigenvalue weighted by molar-refractivity contribution is 5.84. The molecule has 0 aliphatic carbocycles. The van der Waals surface area contributed by atoms with Gasteiger partial charge in [-0.05, 0) is 23.3 Å². The molecule has 3 fully saturated rings. The Morgan fingerprint density at radius 2 is 1.87 bits per heavy atom. The van der Waals surface area contributed by atoms with Gasteiger partial charge in [-0.15, -0.1) is 0 Å². The van der Waals surface area contributed by atoms with E-state index >= 15 is 0 Å². The molecule has 3 heterocycles. The van der Waals surface area contributed by atoms with E-state index in [1.807, 2.05) is 42.5 Å². The minimum atomic E-state index is -0.628. The molecular formula is C30H38N2O7. The van der Waals surface area contributed by atoms with Crippen molar-refractivity contribution in [3.63, 3.8) is 0 Å². The second kappa shape index (κ2) is 12.6. The normalized spacial score (nSPS) is 26.8. The van der Waals surface area contributed by atoms with Crippen molar-refractivity contribution in [2.75, 3.05) is 44.8 Å². The lowest BCUT2D eigenvalue weighted by atomic mass is 9.89. The number of nitrogens with one attached hydrogen (secondary N) is 1. The summed E-state index contributed by atoms with van der Waals surface area (Å²) in [7, 11) is 0. The molecule has 3 saturated heterocycles. The van der Waals surface area contributed by atoms with E-state index in [-0.39, 0.29) is 31.3 Å². The number of anilines is 1. The number of aliphatic hydroxyl groups excluding tert-OH is 1. The lowest BCUT2D eigenvalue weighted by Gasteiger charge is -2.44. The van der Waals surface area contributed by atoms with Crippen LogP contribution >= 0.6 is 0 Å². The first kappa shape index (κ1) is 27.8. The van der Waals surface area contributed by atoms with Gasteiger partial charge < -0.3 is 33.7 Å². The maximum absolute atomic E-state index is 12.1. The molecule has 4 atom stereocenters. The number of ether oxygens (including phenoxy) is 5. The maximum atomic E-state index is 12.1. The van der Waals surface area contributed by atoms with Crippen LogP contribution in [0.1, 0.15) is 48.8 Å². The molecular weight excluding hydrogens is 500 g/mol. The van der Waals surface area contributed by atoms with Crippen LogP contribution in [-0.2, 0) is 30.3 Å². The Hall–Kier alpha value is -2.79. The molecule has 2 aromatic rings. The molecule has 3 aliphatic heterocycles. The molecule has 9 heteroatoms. The van der Waals surface area contributed by atoms with Gasteiger partial charge in [-0.25, -0.2) is 4.79 Å². The van der Waals surface area contributed by atoms with E-state index < -0.39 is 18.2 Å². The van der Waals surface area contributed by atoms with Gasteiger partial charge in [-0.2, -0.15) is 0 Å². The summed E-state index contributed by atoms with van der Waals surface area (Å²) >= 11 is 0. The van der Waals surface area contributed by atoms with E-state index in [0.29, 0.717) is 18.9 Å². The number of aliphatic hydroxyl groups is 1. The third-order valence-electron chi connectivity index (χ3n) is 7.73. The fourth-order valence-corrected chi connectivity index (χ4v) is 5.50. The van der Waals surface area contributed by atoms with Crippen LogP contribution in [-0.4, -0.2) is 67.4 Å². The number of rotatable bonds is 8. The number of likely N-dealkylation sites (tertiary alicyclic amines) is 1. The van der Waals surface area contributed by atoms with Crippen LogP contribution in [0.3, 0.4) is 0 Å². The second-order valence-electron chi connectivity index (χ2n) is 10.4. The van der Waals surface area contributed by atoms with Gasteiger partial charge in [-0.1, -0.05) is 56.0 Å². The molecule has 0 saturated carbocycles. The van der Waals surface area contributed by atoms with Crippen LogP contribution in [0.5, 0.6) is 0 Å². The lowest BCUT2D eigenvalue weighted by Crippen LogP contribution is -2.50. The minimum absolute atomic E-state index is 0.00533. The number of carbonyl (C=O) groups excluding carboxylic acids is 1. The Morgan fingerprint density at radius 3 is 2.56 bits per heavy atom. The zero-order valence-electron chi connectivity index (χ0n) is 22.4. The van der Waals surface area contributed by atoms with Crippen LogP contribution in [0.2, 0.25) is 0 Å². The smallest absolute Gasteiger partial charge is 0.411 e. The summed E-state index contributed by atoms with van der Waals surface area (Å²) in [5, 5.41) is 12.2. The molecule has 4 unspecified atom stereocenters. The molecule has 0 bridgehead atoms. The fourth-order valence-electron chi connectivity index (χ4n) is 5.50. The average molecular weight is 539 g/mol. The molecule has 2 aromatic carbocycles. The highest BCUT2D eigenvalue weighted by Gasteiger charge is 2.43. The van der Waals surface area contributed by atoms with Crippen LogP contribution in [0.4, 0.5) is 10.5 Å². The van der Waals surface area contributed by atoms with Crippen molar-refractivity contribution in [1.29, 1.82) is 0 Å². The zero-order chi connectivity index (χ0) is 27.2. The topological polar surface area (TPSA) is 98.7 Å². The molecule has 210 valence electrons. The van der Waals surface area contributed by atoms with Gasteiger partial charge in [0, 0.05) is 49.6 Å². The highest BCUT2D eigenvalue weighted by Crippen LogP contribution is 2.42. The number of amides is 1. The highest BCUT2D eigenvalue weighted by atomic mass is 16.7. The average Bonchev–Trinajstić information content (AvgIpc) is 3.42. The van der Waals surface area contributed by atoms with Crippen molar-refractivity contribution >= 4 is 11.8 Å². The molecule has 5 rings (SSSR count). The van der Waals surface area contributed by atoms with E-state index in [2.05, 4.69) is 23.7 Å². The van der Waals surface area contributed by atoms with Crippen molar-refractivity contribution in [3.8, 4) is 0 Å². The van der Waals surface area contributed by atoms with Gasteiger partial charge in [0.1, 0.15) is 6.61 Å². The standard InChI is InChI=1S/C30H38N2O7/c1-3-15-35-29(34)31-25-6-4-5-24(18-25)28-38-26(19-32-13-11-30(12-14-32)36-16-17-37-30)21(2)27(39-28)23-9-7-22(20-33)8-10-23/h3-10,18,21,26-28,33H,1,11-17,19-20H2,2H3,(H,31,34). The summed E-state index contributed by atoms with van der Waals surface area (Å²) in [6, 6.07) is 15.3. The predicted molar refractivity (Wildman–Crippen MR) is 145 cm³/mol. The van der Waals surface area contributed by atoms with Crippen LogP contribution in [0.15, 0.2) is 61.2 Å². The van der Waals surface area contributed by atoms with Gasteiger partial charge in [0.15, 0.2) is 12.1 Å². The van der Waals surface area contributed by atoms with Crippen molar-refractivity contribution in [2.45, 2.75) is 50.7 Å². The van der Waals surface area contributed by atoms with E-state index in [9.17, 15) is 9.90 Å². The lowest BCUT2D eigenvalue weighted by molar-refractivity contribution is -0.278. The van der Waals surface area contributed by atoms with E-state index in [1.54, 1.807) is 6.07 Å². The number of hydrogen-bond acceptors (Lipinski definition) is 8. The van der Waals surface area contributed by atoms with Crippen molar-refractivity contribution in [3.05, 3.63) is 77.9 Å². The summed E-state index contributed by atoms with van der Waals surface area (Å²) in [6.45, 7) is 9.69. The summed E-state index contributed by atoms with van der Waals surface area (Å²) in [5.41, 5.74) is 3.28. The maximum Gasteiger partial charge on any atom is 0.411 e. The number of benzene rings is 2. The summed E-state index contributed by atoms with van der Waals surface area (Å²) in [5.74, 6) is -0.343. The first-order chi connectivity index (χ1) is 19.0. The molecule has 0 aromatic heterocycles. The van der Waals surface area contributed by atoms with E-state index in [1.165, 1.54) is 6.08 Å². The Kier molecular flexibility index (Phi) is 8.96. The van der Waals surface area contributed by atoms with Crippen molar-refractivity contribution in [1.82, 2.24) is 4.90 Å². The molecule has 1 spiro atoms. The van der Waals surface area contributed by atoms with Crippen molar-refractivity contribution in [2.24, 2.45) is 5.92 Å². The largest absolute Gasteiger partial charge is 0.445 e. The number of hydrogen-bond donors (Lipinski definition) is 2. The first-order valence-electron chi connectivity index (χ1n) is 13.6. The quantitative estimate of drug-likeness (QED) is 0.473. The Balaban J connectivity index is 1.33. The molecule has 3 aliphatic rings. The van der Waals surface area contributed by atoms with Gasteiger partial charge in [0.05, 0.1) is 32.0 Å². The van der Waals surface area contributed by atoms with Gasteiger partial charge >= 0.3 is 6.09 Å². The van der Waals surface area contributed by atoms with Crippen molar-refractivity contribution < 1.29 is 33.6 Å². The molecule has 39 heavy (non-hydrogen) atoms. The third-order valence-corrected chi connectivity index (χ3v) is 7.73. The van der Waals surface area contributed by atoms with Gasteiger partial charge in [-0.3, -0.25) is 5.32 Å². The van der Waals surface area contributed by atoms with Crippen LogP contribution in [0, 0.1) is 5.92 Å². The summed E-state index contributed by atoms with van der Waals surface area (Å²) < 4.78 is 30.0.